The second-order valence-electron chi connectivity index (χ2n) is 5.87. The molecule has 0 saturated heterocycles. The fourth-order valence-electron chi connectivity index (χ4n) is 2.77. The van der Waals surface area contributed by atoms with Crippen molar-refractivity contribution in [2.24, 2.45) is 11.8 Å². The lowest BCUT2D eigenvalue weighted by Gasteiger charge is -2.32. The van der Waals surface area contributed by atoms with Gasteiger partial charge in [-0.05, 0) is 61.8 Å². The maximum atomic E-state index is 11.4. The van der Waals surface area contributed by atoms with Gasteiger partial charge in [-0.1, -0.05) is 13.8 Å². The van der Waals surface area contributed by atoms with Gasteiger partial charge >= 0.3 is 0 Å². The fraction of sp³-hybridized carbons (Fsp3) is 0.600. The van der Waals surface area contributed by atoms with Crippen molar-refractivity contribution < 1.29 is 13.2 Å². The third-order valence-electron chi connectivity index (χ3n) is 4.26. The van der Waals surface area contributed by atoms with E-state index in [0.717, 1.165) is 24.5 Å². The maximum absolute atomic E-state index is 11.4. The van der Waals surface area contributed by atoms with E-state index in [9.17, 15) is 8.42 Å². The summed E-state index contributed by atoms with van der Waals surface area (Å²) in [6.07, 6.45) is 3.51. The average Bonchev–Trinajstić information content (AvgIpc) is 2.32. The van der Waals surface area contributed by atoms with Crippen molar-refractivity contribution >= 4 is 19.7 Å². The Bertz CT molecular complexity index is 583. The highest BCUT2D eigenvalue weighted by atomic mass is 35.7. The second kappa shape index (κ2) is 5.94. The molecule has 1 aliphatic rings. The highest BCUT2D eigenvalue weighted by molar-refractivity contribution is 8.13. The summed E-state index contributed by atoms with van der Waals surface area (Å²) in [5, 5.41) is 0. The molecule has 1 aromatic carbocycles. The van der Waals surface area contributed by atoms with E-state index in [4.69, 9.17) is 15.4 Å². The van der Waals surface area contributed by atoms with E-state index >= 15 is 0 Å². The summed E-state index contributed by atoms with van der Waals surface area (Å²) >= 11 is 0. The quantitative estimate of drug-likeness (QED) is 0.788. The number of rotatable bonds is 3. The topological polar surface area (TPSA) is 43.4 Å². The summed E-state index contributed by atoms with van der Waals surface area (Å²) in [5.41, 5.74) is 0.620. The van der Waals surface area contributed by atoms with E-state index in [1.807, 2.05) is 0 Å². The van der Waals surface area contributed by atoms with Gasteiger partial charge in [0.05, 0.1) is 11.0 Å². The van der Waals surface area contributed by atoms with Crippen LogP contribution < -0.4 is 4.74 Å². The van der Waals surface area contributed by atoms with E-state index in [-0.39, 0.29) is 11.0 Å². The molecule has 2 rings (SSSR count). The molecule has 20 heavy (non-hydrogen) atoms. The van der Waals surface area contributed by atoms with Crippen LogP contribution >= 0.6 is 10.7 Å². The summed E-state index contributed by atoms with van der Waals surface area (Å²) in [5.74, 6) is 2.14. The number of benzene rings is 1. The number of hydrogen-bond acceptors (Lipinski definition) is 3. The summed E-state index contributed by atoms with van der Waals surface area (Å²) in [4.78, 5) is 0.150. The van der Waals surface area contributed by atoms with Crippen LogP contribution in [-0.4, -0.2) is 14.5 Å². The van der Waals surface area contributed by atoms with Crippen molar-refractivity contribution in [3.63, 3.8) is 0 Å². The largest absolute Gasteiger partial charge is 0.490 e. The first-order valence-corrected chi connectivity index (χ1v) is 9.30. The number of ether oxygens (including phenoxy) is 1. The first kappa shape index (κ1) is 15.6. The Morgan fingerprint density at radius 3 is 2.45 bits per heavy atom. The molecule has 0 bridgehead atoms. The van der Waals surface area contributed by atoms with Gasteiger partial charge < -0.3 is 4.74 Å². The molecule has 1 fully saturated rings. The summed E-state index contributed by atoms with van der Waals surface area (Å²) in [6, 6.07) is 4.95. The Kier molecular flexibility index (Phi) is 4.65. The van der Waals surface area contributed by atoms with Gasteiger partial charge in [0.2, 0.25) is 0 Å². The molecule has 1 saturated carbocycles. The van der Waals surface area contributed by atoms with Gasteiger partial charge in [-0.25, -0.2) is 8.42 Å². The first-order chi connectivity index (χ1) is 9.27. The van der Waals surface area contributed by atoms with Crippen molar-refractivity contribution in [1.29, 1.82) is 0 Å². The van der Waals surface area contributed by atoms with Crippen molar-refractivity contribution in [2.75, 3.05) is 0 Å². The monoisotopic (exact) mass is 316 g/mol. The van der Waals surface area contributed by atoms with Crippen molar-refractivity contribution in [2.45, 2.75) is 51.0 Å². The molecule has 0 aliphatic heterocycles. The van der Waals surface area contributed by atoms with E-state index in [1.54, 1.807) is 19.1 Å². The molecule has 0 radical (unpaired) electrons. The standard InChI is InChI=1S/C15H21ClO3S/c1-10-4-5-13(8-11(10)2)19-14-6-7-15(12(3)9-14)20(16,17)18/h6-7,9-11,13H,4-5,8H2,1-3H3. The second-order valence-corrected chi connectivity index (χ2v) is 8.41. The number of hydrogen-bond donors (Lipinski definition) is 0. The van der Waals surface area contributed by atoms with Crippen LogP contribution in [0.1, 0.15) is 38.7 Å². The predicted octanol–water partition coefficient (Wildman–Crippen LogP) is 4.13. The molecular weight excluding hydrogens is 296 g/mol. The van der Waals surface area contributed by atoms with Crippen LogP contribution in [0.4, 0.5) is 0 Å². The molecular formula is C15H21ClO3S. The molecule has 0 amide bonds. The normalized spacial score (nSPS) is 27.3. The molecule has 0 N–H and O–H groups in total. The average molecular weight is 317 g/mol. The Hall–Kier alpha value is -0.740. The van der Waals surface area contributed by atoms with Crippen molar-refractivity contribution in [1.82, 2.24) is 0 Å². The van der Waals surface area contributed by atoms with Gasteiger partial charge in [0, 0.05) is 10.7 Å². The zero-order valence-electron chi connectivity index (χ0n) is 12.1. The van der Waals surface area contributed by atoms with Gasteiger partial charge in [0.15, 0.2) is 0 Å². The Morgan fingerprint density at radius 2 is 1.90 bits per heavy atom. The third kappa shape index (κ3) is 3.67. The SMILES string of the molecule is Cc1cc(OC2CCC(C)C(C)C2)ccc1S(=O)(=O)Cl. The van der Waals surface area contributed by atoms with E-state index in [0.29, 0.717) is 11.5 Å². The maximum Gasteiger partial charge on any atom is 0.261 e. The van der Waals surface area contributed by atoms with Gasteiger partial charge in [-0.2, -0.15) is 0 Å². The van der Waals surface area contributed by atoms with Crippen LogP contribution in [0.15, 0.2) is 23.1 Å². The molecule has 5 heteroatoms. The van der Waals surface area contributed by atoms with Gasteiger partial charge in [0.25, 0.3) is 9.05 Å². The third-order valence-corrected chi connectivity index (χ3v) is 5.74. The molecule has 0 aromatic heterocycles. The van der Waals surface area contributed by atoms with Crippen LogP contribution in [0.5, 0.6) is 5.75 Å². The molecule has 0 heterocycles. The van der Waals surface area contributed by atoms with E-state index < -0.39 is 9.05 Å². The summed E-state index contributed by atoms with van der Waals surface area (Å²) in [6.45, 7) is 6.27. The summed E-state index contributed by atoms with van der Waals surface area (Å²) < 4.78 is 28.7. The summed E-state index contributed by atoms with van der Waals surface area (Å²) in [7, 11) is 1.69. The molecule has 3 atom stereocenters. The van der Waals surface area contributed by atoms with Crippen molar-refractivity contribution in [3.8, 4) is 5.75 Å². The zero-order valence-corrected chi connectivity index (χ0v) is 13.7. The zero-order chi connectivity index (χ0) is 14.9. The molecule has 3 unspecified atom stereocenters. The van der Waals surface area contributed by atoms with Crippen LogP contribution in [0.2, 0.25) is 0 Å². The molecule has 112 valence electrons. The lowest BCUT2D eigenvalue weighted by Crippen LogP contribution is -2.28. The predicted molar refractivity (Wildman–Crippen MR) is 80.8 cm³/mol. The minimum absolute atomic E-state index is 0.150. The molecule has 0 spiro atoms. The molecule has 1 aromatic rings. The molecule has 1 aliphatic carbocycles. The number of halogens is 1. The van der Waals surface area contributed by atoms with Crippen molar-refractivity contribution in [3.05, 3.63) is 23.8 Å². The Balaban J connectivity index is 2.10. The van der Waals surface area contributed by atoms with Gasteiger partial charge in [-0.3, -0.25) is 0 Å². The smallest absolute Gasteiger partial charge is 0.261 e. The Labute approximate surface area is 125 Å². The van der Waals surface area contributed by atoms with Crippen LogP contribution in [-0.2, 0) is 9.05 Å². The van der Waals surface area contributed by atoms with E-state index in [1.165, 1.54) is 12.5 Å². The highest BCUT2D eigenvalue weighted by Gasteiger charge is 2.26. The van der Waals surface area contributed by atoms with Gasteiger partial charge in [-0.15, -0.1) is 0 Å². The lowest BCUT2D eigenvalue weighted by atomic mass is 9.80. The number of aryl methyl sites for hydroxylation is 1. The van der Waals surface area contributed by atoms with Crippen LogP contribution in [0, 0.1) is 18.8 Å². The molecule has 3 nitrogen and oxygen atoms in total. The van der Waals surface area contributed by atoms with Crippen LogP contribution in [0.25, 0.3) is 0 Å². The lowest BCUT2D eigenvalue weighted by molar-refractivity contribution is 0.100. The first-order valence-electron chi connectivity index (χ1n) is 6.99. The fourth-order valence-corrected chi connectivity index (χ4v) is 3.96. The highest BCUT2D eigenvalue weighted by Crippen LogP contribution is 2.32. The van der Waals surface area contributed by atoms with Crippen LogP contribution in [0.3, 0.4) is 0 Å². The minimum atomic E-state index is -3.68. The van der Waals surface area contributed by atoms with E-state index in [2.05, 4.69) is 13.8 Å². The van der Waals surface area contributed by atoms with Gasteiger partial charge in [0.1, 0.15) is 5.75 Å². The Morgan fingerprint density at radius 1 is 1.20 bits per heavy atom. The minimum Gasteiger partial charge on any atom is -0.490 e.